The van der Waals surface area contributed by atoms with Gasteiger partial charge in [-0.05, 0) is 26.0 Å². The molecular weight excluding hydrogens is 452 g/mol. The normalized spacial score (nSPS) is 14.1. The molecule has 3 aromatic heterocycles. The second-order valence-corrected chi connectivity index (χ2v) is 8.42. The SMILES string of the molecule is CCNc1nc(NCC)n2c(SCC(=O)N3CCN(c4ccc(Cl)cn4)CC3)nnc2n1. The van der Waals surface area contributed by atoms with Gasteiger partial charge in [0.2, 0.25) is 17.8 Å². The fourth-order valence-corrected chi connectivity index (χ4v) is 4.30. The molecule has 1 aliphatic heterocycles. The Morgan fingerprint density at radius 3 is 2.56 bits per heavy atom. The topological polar surface area (TPSA) is 116 Å². The molecule has 0 saturated carbocycles. The maximum absolute atomic E-state index is 12.8. The van der Waals surface area contributed by atoms with Crippen LogP contribution in [0.15, 0.2) is 23.5 Å². The van der Waals surface area contributed by atoms with E-state index in [9.17, 15) is 4.79 Å². The first kappa shape index (κ1) is 22.3. The smallest absolute Gasteiger partial charge is 0.261 e. The van der Waals surface area contributed by atoms with Gasteiger partial charge >= 0.3 is 0 Å². The molecular formula is C19H25ClN10OS. The van der Waals surface area contributed by atoms with Gasteiger partial charge in [-0.15, -0.1) is 10.2 Å². The number of hydrogen-bond acceptors (Lipinski definition) is 10. The van der Waals surface area contributed by atoms with Gasteiger partial charge in [0.25, 0.3) is 5.78 Å². The Kier molecular flexibility index (Phi) is 7.10. The predicted octanol–water partition coefficient (Wildman–Crippen LogP) is 1.87. The highest BCUT2D eigenvalue weighted by Crippen LogP contribution is 2.22. The van der Waals surface area contributed by atoms with Crippen molar-refractivity contribution in [2.45, 2.75) is 19.0 Å². The standard InChI is InChI=1S/C19H25ClN10OS/c1-3-21-16-24-17(22-4-2)30-18(25-16)26-27-19(30)32-12-15(31)29-9-7-28(8-10-29)14-6-5-13(20)11-23-14/h5-6,11H,3-4,7-10,12H2,1-2H3,(H2,21,22,24,25,26). The van der Waals surface area contributed by atoms with Gasteiger partial charge in [0.05, 0.1) is 10.8 Å². The van der Waals surface area contributed by atoms with Crippen LogP contribution < -0.4 is 15.5 Å². The summed E-state index contributed by atoms with van der Waals surface area (Å²) >= 11 is 7.25. The molecule has 0 radical (unpaired) electrons. The highest BCUT2D eigenvalue weighted by molar-refractivity contribution is 7.99. The van der Waals surface area contributed by atoms with E-state index in [0.717, 1.165) is 18.9 Å². The largest absolute Gasteiger partial charge is 0.355 e. The van der Waals surface area contributed by atoms with Crippen molar-refractivity contribution in [1.29, 1.82) is 0 Å². The number of rotatable bonds is 8. The van der Waals surface area contributed by atoms with E-state index in [1.807, 2.05) is 30.9 Å². The maximum atomic E-state index is 12.8. The molecule has 170 valence electrons. The van der Waals surface area contributed by atoms with E-state index in [1.54, 1.807) is 10.6 Å². The van der Waals surface area contributed by atoms with E-state index in [0.29, 0.717) is 54.0 Å². The zero-order chi connectivity index (χ0) is 22.5. The van der Waals surface area contributed by atoms with E-state index < -0.39 is 0 Å². The third-order valence-corrected chi connectivity index (χ3v) is 6.05. The molecule has 1 aliphatic rings. The van der Waals surface area contributed by atoms with Gasteiger partial charge < -0.3 is 20.4 Å². The van der Waals surface area contributed by atoms with Crippen molar-refractivity contribution in [3.63, 3.8) is 0 Å². The molecule has 0 aliphatic carbocycles. The van der Waals surface area contributed by atoms with Gasteiger partial charge in [0, 0.05) is 45.5 Å². The van der Waals surface area contributed by atoms with E-state index in [-0.39, 0.29) is 11.7 Å². The van der Waals surface area contributed by atoms with Crippen LogP contribution in [0.1, 0.15) is 13.8 Å². The molecule has 11 nitrogen and oxygen atoms in total. The van der Waals surface area contributed by atoms with Crippen molar-refractivity contribution >= 4 is 52.8 Å². The number of thioether (sulfide) groups is 1. The molecule has 1 amide bonds. The average Bonchev–Trinajstić information content (AvgIpc) is 3.22. The molecule has 0 unspecified atom stereocenters. The Labute approximate surface area is 195 Å². The Morgan fingerprint density at radius 1 is 1.09 bits per heavy atom. The van der Waals surface area contributed by atoms with Gasteiger partial charge in [0.15, 0.2) is 5.16 Å². The summed E-state index contributed by atoms with van der Waals surface area (Å²) in [6, 6.07) is 3.73. The molecule has 0 spiro atoms. The van der Waals surface area contributed by atoms with Crippen LogP contribution in [0.3, 0.4) is 0 Å². The summed E-state index contributed by atoms with van der Waals surface area (Å²) in [7, 11) is 0. The molecule has 0 aromatic carbocycles. The van der Waals surface area contributed by atoms with Crippen molar-refractivity contribution in [2.75, 3.05) is 60.6 Å². The molecule has 0 atom stereocenters. The number of fused-ring (bicyclic) bond motifs is 1. The van der Waals surface area contributed by atoms with Crippen molar-refractivity contribution in [1.82, 2.24) is 34.4 Å². The van der Waals surface area contributed by atoms with Crippen LogP contribution >= 0.6 is 23.4 Å². The minimum atomic E-state index is 0.0608. The third-order valence-electron chi connectivity index (χ3n) is 4.91. The average molecular weight is 477 g/mol. The van der Waals surface area contributed by atoms with E-state index in [1.165, 1.54) is 11.8 Å². The molecule has 32 heavy (non-hydrogen) atoms. The lowest BCUT2D eigenvalue weighted by Crippen LogP contribution is -2.49. The van der Waals surface area contributed by atoms with Crippen LogP contribution in [0.5, 0.6) is 0 Å². The number of pyridine rings is 1. The van der Waals surface area contributed by atoms with Gasteiger partial charge in [-0.3, -0.25) is 4.79 Å². The number of carbonyl (C=O) groups excluding carboxylic acids is 1. The third kappa shape index (κ3) is 4.96. The summed E-state index contributed by atoms with van der Waals surface area (Å²) in [5.41, 5.74) is 0. The van der Waals surface area contributed by atoms with Gasteiger partial charge in [-0.1, -0.05) is 23.4 Å². The van der Waals surface area contributed by atoms with Crippen LogP contribution in [-0.4, -0.2) is 85.4 Å². The summed E-state index contributed by atoms with van der Waals surface area (Å²) < 4.78 is 1.74. The van der Waals surface area contributed by atoms with E-state index in [2.05, 4.69) is 40.7 Å². The van der Waals surface area contributed by atoms with Crippen molar-refractivity contribution in [3.05, 3.63) is 23.4 Å². The second-order valence-electron chi connectivity index (χ2n) is 7.04. The van der Waals surface area contributed by atoms with Crippen LogP contribution in [0, 0.1) is 0 Å². The van der Waals surface area contributed by atoms with Crippen LogP contribution in [0.25, 0.3) is 5.78 Å². The molecule has 4 rings (SSSR count). The summed E-state index contributed by atoms with van der Waals surface area (Å²) in [6.45, 7) is 8.09. The second kappa shape index (κ2) is 10.2. The minimum Gasteiger partial charge on any atom is -0.355 e. The molecule has 1 saturated heterocycles. The summed E-state index contributed by atoms with van der Waals surface area (Å²) in [4.78, 5) is 30.1. The Hall–Kier alpha value is -2.86. The van der Waals surface area contributed by atoms with Gasteiger partial charge in [0.1, 0.15) is 5.82 Å². The summed E-state index contributed by atoms with van der Waals surface area (Å²) in [5.74, 6) is 2.72. The zero-order valence-corrected chi connectivity index (χ0v) is 19.5. The van der Waals surface area contributed by atoms with Gasteiger partial charge in [-0.2, -0.15) is 9.97 Å². The Balaban J connectivity index is 1.38. The highest BCUT2D eigenvalue weighted by Gasteiger charge is 2.23. The Morgan fingerprint density at radius 2 is 1.88 bits per heavy atom. The number of halogens is 1. The quantitative estimate of drug-likeness (QED) is 0.466. The lowest BCUT2D eigenvalue weighted by Gasteiger charge is -2.35. The first-order chi connectivity index (χ1) is 15.6. The number of aromatic nitrogens is 6. The minimum absolute atomic E-state index is 0.0608. The highest BCUT2D eigenvalue weighted by atomic mass is 35.5. The monoisotopic (exact) mass is 476 g/mol. The summed E-state index contributed by atoms with van der Waals surface area (Å²) in [6.07, 6.45) is 1.64. The Bertz CT molecular complexity index is 1070. The maximum Gasteiger partial charge on any atom is 0.261 e. The first-order valence-corrected chi connectivity index (χ1v) is 11.8. The molecule has 13 heteroatoms. The zero-order valence-electron chi connectivity index (χ0n) is 18.0. The molecule has 1 fully saturated rings. The van der Waals surface area contributed by atoms with E-state index >= 15 is 0 Å². The van der Waals surface area contributed by atoms with Crippen molar-refractivity contribution in [2.24, 2.45) is 0 Å². The molecule has 4 heterocycles. The lowest BCUT2D eigenvalue weighted by atomic mass is 10.3. The number of anilines is 3. The fraction of sp³-hybridized carbons (Fsp3) is 0.474. The number of nitrogens with zero attached hydrogens (tertiary/aromatic N) is 8. The number of piperazine rings is 1. The van der Waals surface area contributed by atoms with E-state index in [4.69, 9.17) is 11.6 Å². The number of carbonyl (C=O) groups is 1. The van der Waals surface area contributed by atoms with Crippen LogP contribution in [-0.2, 0) is 4.79 Å². The lowest BCUT2D eigenvalue weighted by molar-refractivity contribution is -0.128. The summed E-state index contributed by atoms with van der Waals surface area (Å²) in [5, 5.41) is 15.9. The predicted molar refractivity (Wildman–Crippen MR) is 126 cm³/mol. The van der Waals surface area contributed by atoms with Crippen molar-refractivity contribution < 1.29 is 4.79 Å². The number of nitrogens with one attached hydrogen (secondary N) is 2. The molecule has 0 bridgehead atoms. The molecule has 3 aromatic rings. The van der Waals surface area contributed by atoms with Crippen LogP contribution in [0.2, 0.25) is 5.02 Å². The first-order valence-electron chi connectivity index (χ1n) is 10.5. The number of hydrogen-bond donors (Lipinski definition) is 2. The van der Waals surface area contributed by atoms with Crippen LogP contribution in [0.4, 0.5) is 17.7 Å². The van der Waals surface area contributed by atoms with Crippen molar-refractivity contribution in [3.8, 4) is 0 Å². The number of amides is 1. The fourth-order valence-electron chi connectivity index (χ4n) is 3.36. The molecule has 2 N–H and O–H groups in total. The van der Waals surface area contributed by atoms with Gasteiger partial charge in [-0.25, -0.2) is 9.38 Å².